The Kier molecular flexibility index (Phi) is 5.75. The van der Waals surface area contributed by atoms with Gasteiger partial charge in [-0.25, -0.2) is 4.98 Å². The molecule has 2 heterocycles. The normalized spacial score (nSPS) is 18.3. The quantitative estimate of drug-likeness (QED) is 0.799. The average molecular weight is 387 g/mol. The van der Waals surface area contributed by atoms with Crippen molar-refractivity contribution in [2.75, 3.05) is 7.11 Å². The molecule has 0 aliphatic carbocycles. The zero-order valence-electron chi connectivity index (χ0n) is 16.4. The Bertz CT molecular complexity index is 812. The van der Waals surface area contributed by atoms with Crippen molar-refractivity contribution < 1.29 is 9.53 Å². The molecule has 1 unspecified atom stereocenters. The maximum absolute atomic E-state index is 11.6. The number of nitrogens with one attached hydrogen (secondary N) is 1. The van der Waals surface area contributed by atoms with E-state index < -0.39 is 0 Å². The van der Waals surface area contributed by atoms with Crippen LogP contribution in [-0.4, -0.2) is 24.0 Å². The summed E-state index contributed by atoms with van der Waals surface area (Å²) in [5.74, 6) is 0.623. The minimum absolute atomic E-state index is 0.0635. The van der Waals surface area contributed by atoms with Crippen LogP contribution in [0.5, 0.6) is 5.88 Å². The SMILES string of the molecule is COc1nc(C(C[C@H]2CCC(=O)N2)c2ccc(C(C)(C)C)cc2)ccc1Cl. The summed E-state index contributed by atoms with van der Waals surface area (Å²) >= 11 is 6.16. The summed E-state index contributed by atoms with van der Waals surface area (Å²) in [4.78, 5) is 16.3. The van der Waals surface area contributed by atoms with E-state index in [1.54, 1.807) is 7.11 Å². The van der Waals surface area contributed by atoms with Crippen LogP contribution in [0.15, 0.2) is 36.4 Å². The van der Waals surface area contributed by atoms with Gasteiger partial charge in [0.1, 0.15) is 5.02 Å². The first-order valence-corrected chi connectivity index (χ1v) is 9.76. The second-order valence-electron chi connectivity index (χ2n) is 8.19. The first-order chi connectivity index (χ1) is 12.8. The number of halogens is 1. The van der Waals surface area contributed by atoms with E-state index in [1.807, 2.05) is 12.1 Å². The molecule has 0 spiro atoms. The van der Waals surface area contributed by atoms with Crippen molar-refractivity contribution in [2.24, 2.45) is 0 Å². The van der Waals surface area contributed by atoms with Crippen molar-refractivity contribution in [3.05, 3.63) is 58.2 Å². The Hall–Kier alpha value is -2.07. The zero-order chi connectivity index (χ0) is 19.6. The molecule has 4 nitrogen and oxygen atoms in total. The standard InChI is InChI=1S/C22H27ClN2O2/c1-22(2,3)15-7-5-14(6-8-15)17(13-16-9-12-20(26)24-16)19-11-10-18(23)21(25-19)27-4/h5-8,10-11,16-17H,9,12-13H2,1-4H3,(H,24,26)/t16-,17?/m1/s1. The molecule has 2 aromatic rings. The lowest BCUT2D eigenvalue weighted by atomic mass is 9.83. The predicted molar refractivity (Wildman–Crippen MR) is 109 cm³/mol. The minimum Gasteiger partial charge on any atom is -0.480 e. The number of nitrogens with zero attached hydrogens (tertiary/aromatic N) is 1. The van der Waals surface area contributed by atoms with E-state index in [2.05, 4.69) is 55.3 Å². The van der Waals surface area contributed by atoms with Crippen molar-refractivity contribution in [1.82, 2.24) is 10.3 Å². The summed E-state index contributed by atoms with van der Waals surface area (Å²) in [5, 5.41) is 3.57. The van der Waals surface area contributed by atoms with E-state index >= 15 is 0 Å². The zero-order valence-corrected chi connectivity index (χ0v) is 17.1. The summed E-state index contributed by atoms with van der Waals surface area (Å²) in [6.45, 7) is 6.62. The Morgan fingerprint density at radius 2 is 1.93 bits per heavy atom. The summed E-state index contributed by atoms with van der Waals surface area (Å²) in [5.41, 5.74) is 3.48. The molecular weight excluding hydrogens is 360 g/mol. The highest BCUT2D eigenvalue weighted by Crippen LogP contribution is 2.34. The topological polar surface area (TPSA) is 51.2 Å². The molecular formula is C22H27ClN2O2. The molecule has 2 atom stereocenters. The molecule has 1 aliphatic rings. The number of benzene rings is 1. The number of pyridine rings is 1. The number of hydrogen-bond acceptors (Lipinski definition) is 3. The van der Waals surface area contributed by atoms with Gasteiger partial charge in [0.15, 0.2) is 0 Å². The van der Waals surface area contributed by atoms with Gasteiger partial charge in [-0.05, 0) is 41.5 Å². The smallest absolute Gasteiger partial charge is 0.232 e. The highest BCUT2D eigenvalue weighted by atomic mass is 35.5. The predicted octanol–water partition coefficient (Wildman–Crippen LogP) is 4.84. The third-order valence-electron chi connectivity index (χ3n) is 5.17. The number of amides is 1. The van der Waals surface area contributed by atoms with E-state index in [9.17, 15) is 4.79 Å². The van der Waals surface area contributed by atoms with Crippen molar-refractivity contribution in [3.8, 4) is 5.88 Å². The minimum atomic E-state index is 0.0635. The summed E-state index contributed by atoms with van der Waals surface area (Å²) in [6.07, 6.45) is 2.26. The van der Waals surface area contributed by atoms with Crippen LogP contribution in [0.1, 0.15) is 62.8 Å². The van der Waals surface area contributed by atoms with Crippen molar-refractivity contribution in [2.45, 2.75) is 57.4 Å². The van der Waals surface area contributed by atoms with Crippen LogP contribution in [0.2, 0.25) is 5.02 Å². The van der Waals surface area contributed by atoms with Gasteiger partial charge in [0, 0.05) is 18.4 Å². The Balaban J connectivity index is 1.95. The highest BCUT2D eigenvalue weighted by molar-refractivity contribution is 6.31. The molecule has 144 valence electrons. The molecule has 1 aliphatic heterocycles. The molecule has 0 saturated carbocycles. The highest BCUT2D eigenvalue weighted by Gasteiger charge is 2.27. The number of carbonyl (C=O) groups is 1. The van der Waals surface area contributed by atoms with Gasteiger partial charge in [-0.3, -0.25) is 4.79 Å². The summed E-state index contributed by atoms with van der Waals surface area (Å²) in [7, 11) is 1.57. The van der Waals surface area contributed by atoms with Gasteiger partial charge in [-0.1, -0.05) is 56.6 Å². The van der Waals surface area contributed by atoms with Crippen molar-refractivity contribution in [1.29, 1.82) is 0 Å². The van der Waals surface area contributed by atoms with Gasteiger partial charge >= 0.3 is 0 Å². The number of aromatic nitrogens is 1. The van der Waals surface area contributed by atoms with Gasteiger partial charge < -0.3 is 10.1 Å². The van der Waals surface area contributed by atoms with Gasteiger partial charge in [0.2, 0.25) is 11.8 Å². The van der Waals surface area contributed by atoms with Gasteiger partial charge in [-0.15, -0.1) is 0 Å². The summed E-state index contributed by atoms with van der Waals surface area (Å²) in [6, 6.07) is 12.6. The van der Waals surface area contributed by atoms with Gasteiger partial charge in [0.05, 0.1) is 12.8 Å². The van der Waals surface area contributed by atoms with E-state index in [1.165, 1.54) is 11.1 Å². The molecule has 1 fully saturated rings. The second-order valence-corrected chi connectivity index (χ2v) is 8.60. The van der Waals surface area contributed by atoms with Crippen LogP contribution in [0.25, 0.3) is 0 Å². The third kappa shape index (κ3) is 4.62. The van der Waals surface area contributed by atoms with E-state index in [-0.39, 0.29) is 23.3 Å². The first-order valence-electron chi connectivity index (χ1n) is 9.38. The maximum Gasteiger partial charge on any atom is 0.232 e. The number of hydrogen-bond donors (Lipinski definition) is 1. The molecule has 1 amide bonds. The monoisotopic (exact) mass is 386 g/mol. The number of ether oxygens (including phenoxy) is 1. The van der Waals surface area contributed by atoms with Gasteiger partial charge in [-0.2, -0.15) is 0 Å². The molecule has 0 radical (unpaired) electrons. The third-order valence-corrected chi connectivity index (χ3v) is 5.46. The van der Waals surface area contributed by atoms with E-state index in [0.29, 0.717) is 17.3 Å². The lowest BCUT2D eigenvalue weighted by molar-refractivity contribution is -0.119. The number of methoxy groups -OCH3 is 1. The number of rotatable bonds is 5. The van der Waals surface area contributed by atoms with E-state index in [0.717, 1.165) is 18.5 Å². The fourth-order valence-electron chi connectivity index (χ4n) is 3.56. The molecule has 1 saturated heterocycles. The van der Waals surface area contributed by atoms with Crippen LogP contribution in [0, 0.1) is 0 Å². The maximum atomic E-state index is 11.6. The molecule has 1 aromatic heterocycles. The fourth-order valence-corrected chi connectivity index (χ4v) is 3.74. The van der Waals surface area contributed by atoms with Crippen LogP contribution in [0.4, 0.5) is 0 Å². The van der Waals surface area contributed by atoms with Crippen LogP contribution in [0.3, 0.4) is 0 Å². The van der Waals surface area contributed by atoms with Crippen LogP contribution < -0.4 is 10.1 Å². The van der Waals surface area contributed by atoms with Crippen molar-refractivity contribution in [3.63, 3.8) is 0 Å². The second kappa shape index (κ2) is 7.89. The largest absolute Gasteiger partial charge is 0.480 e. The van der Waals surface area contributed by atoms with Crippen LogP contribution in [-0.2, 0) is 10.2 Å². The Morgan fingerprint density at radius 1 is 1.22 bits per heavy atom. The Morgan fingerprint density at radius 3 is 2.48 bits per heavy atom. The first kappa shape index (κ1) is 19.7. The molecule has 3 rings (SSSR count). The van der Waals surface area contributed by atoms with Crippen LogP contribution >= 0.6 is 11.6 Å². The molecule has 5 heteroatoms. The number of carbonyl (C=O) groups excluding carboxylic acids is 1. The average Bonchev–Trinajstić information content (AvgIpc) is 3.05. The molecule has 0 bridgehead atoms. The lowest BCUT2D eigenvalue weighted by Gasteiger charge is -2.24. The van der Waals surface area contributed by atoms with Crippen molar-refractivity contribution >= 4 is 17.5 Å². The lowest BCUT2D eigenvalue weighted by Crippen LogP contribution is -2.27. The fraction of sp³-hybridized carbons (Fsp3) is 0.455. The molecule has 1 N–H and O–H groups in total. The van der Waals surface area contributed by atoms with E-state index in [4.69, 9.17) is 16.3 Å². The summed E-state index contributed by atoms with van der Waals surface area (Å²) < 4.78 is 5.31. The Labute approximate surface area is 166 Å². The molecule has 1 aromatic carbocycles. The molecule has 27 heavy (non-hydrogen) atoms. The van der Waals surface area contributed by atoms with Gasteiger partial charge in [0.25, 0.3) is 0 Å².